The lowest BCUT2D eigenvalue weighted by Crippen LogP contribution is -2.16. The second-order valence-corrected chi connectivity index (χ2v) is 14.3. The zero-order valence-corrected chi connectivity index (χ0v) is 37.2. The molecule has 0 saturated carbocycles. The van der Waals surface area contributed by atoms with Crippen molar-refractivity contribution in [3.05, 3.63) is 146 Å². The molecule has 0 bridgehead atoms. The molecule has 0 saturated heterocycles. The lowest BCUT2D eigenvalue weighted by molar-refractivity contribution is -0.0616. The Labute approximate surface area is 367 Å². The third-order valence-electron chi connectivity index (χ3n) is 9.78. The molecule has 0 aliphatic carbocycles. The Kier molecular flexibility index (Phi) is 16.7. The predicted molar refractivity (Wildman–Crippen MR) is 248 cm³/mol. The Morgan fingerprint density at radius 1 is 0.290 bits per heavy atom. The Bertz CT molecular complexity index is 1920. The van der Waals surface area contributed by atoms with E-state index in [-0.39, 0.29) is 25.2 Å². The highest BCUT2D eigenvalue weighted by molar-refractivity contribution is 5.81. The summed E-state index contributed by atoms with van der Waals surface area (Å²) in [4.78, 5) is 4.41. The van der Waals surface area contributed by atoms with Crippen LogP contribution >= 0.6 is 0 Å². The lowest BCUT2D eigenvalue weighted by atomic mass is 10.0. The largest absolute Gasteiger partial charge is 0.465 e. The number of rotatable bonds is 23. The maximum Gasteiger partial charge on any atom is 0.196 e. The smallest absolute Gasteiger partial charge is 0.196 e. The molecule has 0 radical (unpaired) electrons. The van der Waals surface area contributed by atoms with Gasteiger partial charge in [0.15, 0.2) is 25.2 Å². The topological polar surface area (TPSA) is 80.3 Å². The van der Waals surface area contributed by atoms with Gasteiger partial charge in [0.2, 0.25) is 0 Å². The zero-order valence-electron chi connectivity index (χ0n) is 37.2. The average molecular weight is 841 g/mol. The molecule has 6 aromatic rings. The summed E-state index contributed by atoms with van der Waals surface area (Å²) in [6.07, 6.45) is -1.38. The van der Waals surface area contributed by atoms with E-state index in [1.807, 2.05) is 104 Å². The molecule has 0 fully saturated rings. The Hall–Kier alpha value is -6.04. The molecule has 0 amide bonds. The molecule has 4 atom stereocenters. The Balaban J connectivity index is 1.27. The second kappa shape index (κ2) is 22.7. The summed E-state index contributed by atoms with van der Waals surface area (Å²) in [7, 11) is 0. The van der Waals surface area contributed by atoms with Crippen molar-refractivity contribution < 1.29 is 37.9 Å². The fraction of sp³-hybridized carbons (Fsp3) is 0.308. The van der Waals surface area contributed by atoms with Crippen LogP contribution in [-0.2, 0) is 18.9 Å². The molecule has 0 spiro atoms. The van der Waals surface area contributed by atoms with Crippen LogP contribution < -0.4 is 28.7 Å². The first-order valence-electron chi connectivity index (χ1n) is 21.5. The molecule has 10 heteroatoms. The molecule has 326 valence electrons. The maximum atomic E-state index is 5.97. The van der Waals surface area contributed by atoms with E-state index in [9.17, 15) is 0 Å². The summed E-state index contributed by atoms with van der Waals surface area (Å²) >= 11 is 0. The van der Waals surface area contributed by atoms with Crippen LogP contribution in [0.25, 0.3) is 11.1 Å². The maximum absolute atomic E-state index is 5.97. The number of hydrogen-bond donors (Lipinski definition) is 0. The van der Waals surface area contributed by atoms with Gasteiger partial charge in [0.25, 0.3) is 0 Å². The molecule has 0 aliphatic rings. The van der Waals surface area contributed by atoms with Gasteiger partial charge in [-0.25, -0.2) is 0 Å². The van der Waals surface area contributed by atoms with Gasteiger partial charge in [-0.2, -0.15) is 0 Å². The summed E-state index contributed by atoms with van der Waals surface area (Å²) in [5.41, 5.74) is 8.06. The lowest BCUT2D eigenvalue weighted by Gasteiger charge is -2.27. The average Bonchev–Trinajstić information content (AvgIpc) is 3.27. The predicted octanol–water partition coefficient (Wildman–Crippen LogP) is 13.3. The first-order chi connectivity index (χ1) is 30.2. The molecule has 0 N–H and O–H groups in total. The van der Waals surface area contributed by atoms with Gasteiger partial charge >= 0.3 is 0 Å². The van der Waals surface area contributed by atoms with Crippen LogP contribution in [0.5, 0.6) is 23.0 Å². The summed E-state index contributed by atoms with van der Waals surface area (Å²) in [5.74, 6) is 2.93. The van der Waals surface area contributed by atoms with Crippen molar-refractivity contribution >= 4 is 34.1 Å². The number of anilines is 6. The summed E-state index contributed by atoms with van der Waals surface area (Å²) in [5, 5.41) is 0. The number of ether oxygens (including phenoxy) is 8. The van der Waals surface area contributed by atoms with Crippen molar-refractivity contribution in [2.75, 3.05) is 36.2 Å². The summed E-state index contributed by atoms with van der Waals surface area (Å²) in [6.45, 7) is 17.7. The summed E-state index contributed by atoms with van der Waals surface area (Å²) < 4.78 is 46.2. The van der Waals surface area contributed by atoms with Crippen LogP contribution in [0.15, 0.2) is 146 Å². The van der Waals surface area contributed by atoms with E-state index in [1.165, 1.54) is 0 Å². The van der Waals surface area contributed by atoms with E-state index < -0.39 is 0 Å². The van der Waals surface area contributed by atoms with E-state index in [4.69, 9.17) is 37.9 Å². The highest BCUT2D eigenvalue weighted by Crippen LogP contribution is 2.40. The molecule has 6 rings (SSSR count). The SMILES string of the molecule is CCOC(C)Oc1ccc(N(c2ccc(OC(C)OCC)cc2)c2ccc(-c3ccc(N(c4ccc(OC(C)OCC)cc4)c4ccc(OC(C)OCC)cc4)cc3)cc2)cc1. The normalized spacial score (nSPS) is 13.1. The third-order valence-corrected chi connectivity index (χ3v) is 9.78. The fourth-order valence-electron chi connectivity index (χ4n) is 7.04. The molecule has 0 aliphatic heterocycles. The zero-order chi connectivity index (χ0) is 43.8. The minimum Gasteiger partial charge on any atom is -0.465 e. The van der Waals surface area contributed by atoms with Crippen LogP contribution in [-0.4, -0.2) is 51.6 Å². The van der Waals surface area contributed by atoms with Gasteiger partial charge in [0.05, 0.1) is 0 Å². The minimum atomic E-state index is -0.346. The van der Waals surface area contributed by atoms with Crippen LogP contribution in [0.1, 0.15) is 55.4 Å². The number of benzene rings is 6. The van der Waals surface area contributed by atoms with Gasteiger partial charge in [-0.05, 0) is 188 Å². The highest BCUT2D eigenvalue weighted by atomic mass is 16.7. The third kappa shape index (κ3) is 12.5. The molecule has 0 aromatic heterocycles. The molecule has 10 nitrogen and oxygen atoms in total. The van der Waals surface area contributed by atoms with Gasteiger partial charge in [0.1, 0.15) is 23.0 Å². The van der Waals surface area contributed by atoms with Crippen molar-refractivity contribution in [3.63, 3.8) is 0 Å². The first-order valence-corrected chi connectivity index (χ1v) is 21.5. The Morgan fingerprint density at radius 2 is 0.468 bits per heavy atom. The Morgan fingerprint density at radius 3 is 0.645 bits per heavy atom. The molecule has 62 heavy (non-hydrogen) atoms. The van der Waals surface area contributed by atoms with E-state index in [0.717, 1.165) is 68.2 Å². The van der Waals surface area contributed by atoms with E-state index in [0.29, 0.717) is 26.4 Å². The van der Waals surface area contributed by atoms with Crippen molar-refractivity contribution in [3.8, 4) is 34.1 Å². The molecule has 0 heterocycles. The van der Waals surface area contributed by atoms with E-state index >= 15 is 0 Å². The van der Waals surface area contributed by atoms with Gasteiger partial charge in [0, 0.05) is 60.6 Å². The van der Waals surface area contributed by atoms with Crippen LogP contribution in [0.2, 0.25) is 0 Å². The van der Waals surface area contributed by atoms with Crippen LogP contribution in [0, 0.1) is 0 Å². The highest BCUT2D eigenvalue weighted by Gasteiger charge is 2.17. The monoisotopic (exact) mass is 840 g/mol. The summed E-state index contributed by atoms with van der Waals surface area (Å²) in [6, 6.07) is 49.4. The quantitative estimate of drug-likeness (QED) is 0.0582. The molecular formula is C52H60N2O8. The van der Waals surface area contributed by atoms with Gasteiger partial charge in [-0.3, -0.25) is 0 Å². The van der Waals surface area contributed by atoms with Crippen LogP contribution in [0.3, 0.4) is 0 Å². The van der Waals surface area contributed by atoms with Gasteiger partial charge < -0.3 is 47.7 Å². The molecule has 4 unspecified atom stereocenters. The minimum absolute atomic E-state index is 0.346. The van der Waals surface area contributed by atoms with Crippen molar-refractivity contribution in [1.82, 2.24) is 0 Å². The second-order valence-electron chi connectivity index (χ2n) is 14.3. The van der Waals surface area contributed by atoms with E-state index in [1.54, 1.807) is 0 Å². The van der Waals surface area contributed by atoms with Crippen molar-refractivity contribution in [1.29, 1.82) is 0 Å². The van der Waals surface area contributed by atoms with Gasteiger partial charge in [-0.15, -0.1) is 0 Å². The molecular weight excluding hydrogens is 781 g/mol. The van der Waals surface area contributed by atoms with Crippen molar-refractivity contribution in [2.45, 2.75) is 80.6 Å². The fourth-order valence-corrected chi connectivity index (χ4v) is 7.04. The first kappa shape index (κ1) is 45.5. The number of nitrogens with zero attached hydrogens (tertiary/aromatic N) is 2. The van der Waals surface area contributed by atoms with E-state index in [2.05, 4.69) is 107 Å². The van der Waals surface area contributed by atoms with Gasteiger partial charge in [-0.1, -0.05) is 24.3 Å². The van der Waals surface area contributed by atoms with Crippen LogP contribution in [0.4, 0.5) is 34.1 Å². The standard InChI is InChI=1S/C52H60N2O8/c1-9-55-37(5)59-49-29-21-45(22-30-49)53(46-23-31-50(32-24-46)60-38(6)56-10-2)43-17-13-41(14-18-43)42-15-19-44(20-16-42)54(47-25-33-51(34-26-47)61-39(7)57-11-3)48-27-35-52(36-28-48)62-40(8)58-12-4/h13-40H,9-12H2,1-8H3. The number of hydrogen-bond acceptors (Lipinski definition) is 10. The van der Waals surface area contributed by atoms with Crippen molar-refractivity contribution in [2.24, 2.45) is 0 Å². The molecule has 6 aromatic carbocycles.